The lowest BCUT2D eigenvalue weighted by molar-refractivity contribution is 2.34. The van der Waals surface area contributed by atoms with E-state index in [9.17, 15) is 0 Å². The fourth-order valence-electron chi connectivity index (χ4n) is 1.01. The molecule has 0 fully saturated rings. The Balaban J connectivity index is 2.91. The Labute approximate surface area is 134 Å². The van der Waals surface area contributed by atoms with Crippen molar-refractivity contribution >= 4 is 128 Å². The Kier molecular flexibility index (Phi) is 18.3. The molecule has 61 valence electrons. The fourth-order valence-corrected chi connectivity index (χ4v) is 1.01. The average Bonchev–Trinajstić information content (AvgIpc) is 2.39. The topological polar surface area (TPSA) is 0 Å². The first-order valence-electron chi connectivity index (χ1n) is 6.24. The maximum absolute atomic E-state index is 5.56. The van der Waals surface area contributed by atoms with Crippen molar-refractivity contribution in [3.63, 3.8) is 0 Å². The van der Waals surface area contributed by atoms with E-state index in [-0.39, 0.29) is 6.49 Å². The Bertz CT molecular complexity index is 154. The van der Waals surface area contributed by atoms with E-state index in [2.05, 4.69) is 0 Å². The molecule has 0 heterocycles. The molecule has 0 rings (SSSR count). The summed E-state index contributed by atoms with van der Waals surface area (Å²) in [5.41, 5.74) is 0. The van der Waals surface area contributed by atoms with Gasteiger partial charge >= 0.3 is 0 Å². The summed E-state index contributed by atoms with van der Waals surface area (Å²) < 4.78 is 0. The summed E-state index contributed by atoms with van der Waals surface area (Å²) in [6, 6.07) is 0. The molecule has 0 atom stereocenters. The van der Waals surface area contributed by atoms with Gasteiger partial charge in [-0.15, -0.1) is 6.82 Å². The predicted octanol–water partition coefficient (Wildman–Crippen LogP) is -6.27. The SMILES string of the molecule is [B][B][B][B][B][B][B][B][B][B][B][B][B][B][B][B]B([B])C. The molecule has 0 aliphatic heterocycles. The van der Waals surface area contributed by atoms with Crippen LogP contribution in [-0.4, -0.2) is 128 Å². The maximum atomic E-state index is 5.56. The first-order valence-corrected chi connectivity index (χ1v) is 6.24. The Morgan fingerprint density at radius 2 is 0.895 bits per heavy atom. The highest BCUT2D eigenvalue weighted by Crippen LogP contribution is 1.66. The van der Waals surface area contributed by atoms with Crippen molar-refractivity contribution in [3.05, 3.63) is 0 Å². The molecule has 0 aromatic carbocycles. The van der Waals surface area contributed by atoms with Crippen molar-refractivity contribution in [1.29, 1.82) is 0 Å². The second kappa shape index (κ2) is 17.2. The molecule has 0 aromatic rings. The molecule has 0 N–H and O–H groups in total. The third kappa shape index (κ3) is 19.2. The van der Waals surface area contributed by atoms with Gasteiger partial charge in [0.25, 0.3) is 0 Å². The molecule has 0 amide bonds. The molecular formula is CH3B18. The summed E-state index contributed by atoms with van der Waals surface area (Å²) in [4.78, 5) is 0. The van der Waals surface area contributed by atoms with Crippen LogP contribution in [0.25, 0.3) is 0 Å². The van der Waals surface area contributed by atoms with E-state index in [4.69, 9.17) is 15.5 Å². The normalized spacial score (nSPS) is 7.63. The van der Waals surface area contributed by atoms with E-state index in [1.807, 2.05) is 98.6 Å². The number of hydrogen-bond acceptors (Lipinski definition) is 0. The minimum Gasteiger partial charge on any atom is -0.101 e. The first-order chi connectivity index (χ1) is 9.27. The molecule has 0 unspecified atom stereocenters. The minimum atomic E-state index is 0.101. The van der Waals surface area contributed by atoms with Gasteiger partial charge in [-0.1, -0.05) is 0 Å². The average molecular weight is 210 g/mol. The molecule has 0 aliphatic carbocycles. The highest BCUT2D eigenvalue weighted by atomic mass is 13.0. The van der Waals surface area contributed by atoms with E-state index in [0.717, 1.165) is 0 Å². The van der Waals surface area contributed by atoms with Crippen LogP contribution in [0.2, 0.25) is 6.82 Å². The third-order valence-corrected chi connectivity index (χ3v) is 1.86. The van der Waals surface area contributed by atoms with Crippen molar-refractivity contribution in [2.75, 3.05) is 0 Å². The molecule has 0 saturated heterocycles. The van der Waals surface area contributed by atoms with E-state index in [0.29, 0.717) is 0 Å². The standard InChI is InChI=1S/CH3B18/c1-19(3)18-17-16-15-14-13-12-11-10-9-8-7-6-5-4-2/h1H3. The van der Waals surface area contributed by atoms with Gasteiger partial charge in [0.15, 0.2) is 0 Å². The lowest BCUT2D eigenvalue weighted by Gasteiger charge is -1.99. The van der Waals surface area contributed by atoms with Gasteiger partial charge in [0.05, 0.1) is 0 Å². The van der Waals surface area contributed by atoms with Crippen LogP contribution in [0.15, 0.2) is 0 Å². The van der Waals surface area contributed by atoms with Gasteiger partial charge in [0.2, 0.25) is 0 Å². The van der Waals surface area contributed by atoms with Gasteiger partial charge < -0.3 is 0 Å². The van der Waals surface area contributed by atoms with Gasteiger partial charge in [-0.25, -0.2) is 0 Å². The van der Waals surface area contributed by atoms with E-state index in [1.165, 1.54) is 7.06 Å². The summed E-state index contributed by atoms with van der Waals surface area (Å²) in [6.45, 7) is 2.04. The highest BCUT2D eigenvalue weighted by molar-refractivity contribution is 7.74. The molecule has 0 saturated carbocycles. The van der Waals surface area contributed by atoms with Crippen LogP contribution in [0, 0.1) is 0 Å². The summed E-state index contributed by atoms with van der Waals surface area (Å²) in [7, 11) is 39.3. The fraction of sp³-hybridized carbons (Fsp3) is 1.00. The van der Waals surface area contributed by atoms with E-state index in [1.54, 1.807) is 7.06 Å². The molecule has 19 heavy (non-hydrogen) atoms. The predicted molar refractivity (Wildman–Crippen MR) is 109 cm³/mol. The summed E-state index contributed by atoms with van der Waals surface area (Å²) in [5, 5.41) is 0. The zero-order chi connectivity index (χ0) is 14.2. The van der Waals surface area contributed by atoms with Crippen molar-refractivity contribution in [2.24, 2.45) is 0 Å². The summed E-state index contributed by atoms with van der Waals surface area (Å²) >= 11 is 0. The summed E-state index contributed by atoms with van der Waals surface area (Å²) in [5.74, 6) is 0. The monoisotopic (exact) mass is 213 g/mol. The van der Waals surface area contributed by atoms with Gasteiger partial charge in [-0.05, 0) is 0 Å². The first kappa shape index (κ1) is 20.2. The summed E-state index contributed by atoms with van der Waals surface area (Å²) in [6.07, 6.45) is 0. The van der Waals surface area contributed by atoms with Crippen molar-refractivity contribution in [3.8, 4) is 0 Å². The van der Waals surface area contributed by atoms with Crippen LogP contribution in [0.5, 0.6) is 0 Å². The highest BCUT2D eigenvalue weighted by Gasteiger charge is 2.01. The van der Waals surface area contributed by atoms with Crippen LogP contribution in [0.3, 0.4) is 0 Å². The van der Waals surface area contributed by atoms with Crippen LogP contribution >= 0.6 is 0 Å². The number of rotatable bonds is 15. The van der Waals surface area contributed by atoms with Gasteiger partial charge in [0.1, 0.15) is 0 Å². The zero-order valence-corrected chi connectivity index (χ0v) is 11.4. The smallest absolute Gasteiger partial charge is 0.0414 e. The third-order valence-electron chi connectivity index (χ3n) is 1.86. The minimum absolute atomic E-state index is 0.101. The Hall–Kier alpha value is 1.17. The van der Waals surface area contributed by atoms with Gasteiger partial charge in [-0.3, -0.25) is 0 Å². The molecule has 0 spiro atoms. The lowest BCUT2D eigenvalue weighted by atomic mass is 8.83. The second-order valence-corrected chi connectivity index (χ2v) is 3.75. The van der Waals surface area contributed by atoms with Crippen LogP contribution in [0.1, 0.15) is 0 Å². The van der Waals surface area contributed by atoms with E-state index >= 15 is 0 Å². The van der Waals surface area contributed by atoms with Gasteiger partial charge in [-0.2, -0.15) is 0 Å². The van der Waals surface area contributed by atoms with Crippen molar-refractivity contribution in [1.82, 2.24) is 0 Å². The number of hydrogen-bond donors (Lipinski definition) is 0. The Morgan fingerprint density at radius 3 is 1.21 bits per heavy atom. The maximum Gasteiger partial charge on any atom is 0.0414 e. The zero-order valence-electron chi connectivity index (χ0n) is 11.4. The molecule has 0 aromatic heterocycles. The molecule has 18 heteroatoms. The second-order valence-electron chi connectivity index (χ2n) is 3.75. The van der Waals surface area contributed by atoms with Gasteiger partial charge in [0, 0.05) is 128 Å². The van der Waals surface area contributed by atoms with Crippen molar-refractivity contribution in [2.45, 2.75) is 6.82 Å². The molecule has 0 bridgehead atoms. The van der Waals surface area contributed by atoms with Crippen LogP contribution < -0.4 is 0 Å². The quantitative estimate of drug-likeness (QED) is 0.186. The lowest BCUT2D eigenvalue weighted by Crippen LogP contribution is -2.36. The van der Waals surface area contributed by atoms with Crippen molar-refractivity contribution < 1.29 is 0 Å². The van der Waals surface area contributed by atoms with Crippen LogP contribution in [-0.2, 0) is 0 Å². The molecule has 0 nitrogen and oxygen atoms in total. The molecular weight excluding hydrogens is 207 g/mol. The van der Waals surface area contributed by atoms with Crippen LogP contribution in [0.4, 0.5) is 0 Å². The molecule has 19 radical (unpaired) electrons. The van der Waals surface area contributed by atoms with E-state index < -0.39 is 0 Å². The molecule has 0 aliphatic rings. The Morgan fingerprint density at radius 1 is 0.579 bits per heavy atom. The largest absolute Gasteiger partial charge is 0.101 e.